The first kappa shape index (κ1) is 21.9. The van der Waals surface area contributed by atoms with Crippen molar-refractivity contribution >= 4 is 50.9 Å². The number of ether oxygens (including phenoxy) is 1. The van der Waals surface area contributed by atoms with E-state index in [1.165, 1.54) is 5.56 Å². The monoisotopic (exact) mass is 472 g/mol. The van der Waals surface area contributed by atoms with Crippen LogP contribution in [-0.2, 0) is 5.41 Å². The number of halogens is 3. The molecule has 2 N–H and O–H groups in total. The first-order chi connectivity index (χ1) is 12.7. The van der Waals surface area contributed by atoms with Gasteiger partial charge in [0.1, 0.15) is 5.75 Å². The molecule has 0 atom stereocenters. The highest BCUT2D eigenvalue weighted by molar-refractivity contribution is 9.10. The maximum atomic E-state index is 11.9. The van der Waals surface area contributed by atoms with Gasteiger partial charge in [-0.2, -0.15) is 0 Å². The summed E-state index contributed by atoms with van der Waals surface area (Å²) in [6.07, 6.45) is 0.671. The summed E-state index contributed by atoms with van der Waals surface area (Å²) < 4.78 is 6.71. The van der Waals surface area contributed by atoms with Gasteiger partial charge < -0.3 is 15.4 Å². The summed E-state index contributed by atoms with van der Waals surface area (Å²) in [4.78, 5) is 11.9. The molecule has 0 unspecified atom stereocenters. The molecule has 0 fully saturated rings. The molecule has 0 spiro atoms. The second-order valence-electron chi connectivity index (χ2n) is 7.08. The molecule has 0 radical (unpaired) electrons. The minimum absolute atomic E-state index is 0.0875. The van der Waals surface area contributed by atoms with E-state index in [1.807, 2.05) is 6.07 Å². The summed E-state index contributed by atoms with van der Waals surface area (Å²) in [6, 6.07) is 10.9. The fourth-order valence-corrected chi connectivity index (χ4v) is 3.15. The third-order valence-electron chi connectivity index (χ3n) is 3.86. The van der Waals surface area contributed by atoms with Crippen molar-refractivity contribution in [2.75, 3.05) is 18.5 Å². The van der Waals surface area contributed by atoms with Crippen molar-refractivity contribution in [2.45, 2.75) is 32.6 Å². The summed E-state index contributed by atoms with van der Waals surface area (Å²) in [5.74, 6) is 0.790. The lowest BCUT2D eigenvalue weighted by atomic mass is 9.87. The molecule has 0 saturated carbocycles. The Kier molecular flexibility index (Phi) is 7.83. The van der Waals surface area contributed by atoms with Crippen LogP contribution in [0.15, 0.2) is 40.9 Å². The molecule has 2 aromatic rings. The predicted molar refractivity (Wildman–Crippen MR) is 116 cm³/mol. The Hall–Kier alpha value is -1.43. The molecule has 0 bridgehead atoms. The predicted octanol–water partition coefficient (Wildman–Crippen LogP) is 6.64. The second-order valence-corrected chi connectivity index (χ2v) is 8.72. The van der Waals surface area contributed by atoms with Crippen LogP contribution in [0.3, 0.4) is 0 Å². The van der Waals surface area contributed by atoms with Gasteiger partial charge in [-0.25, -0.2) is 4.79 Å². The third kappa shape index (κ3) is 6.59. The highest BCUT2D eigenvalue weighted by Crippen LogP contribution is 2.31. The second kappa shape index (κ2) is 9.67. The van der Waals surface area contributed by atoms with Crippen LogP contribution < -0.4 is 15.4 Å². The maximum absolute atomic E-state index is 11.9. The molecule has 7 heteroatoms. The van der Waals surface area contributed by atoms with E-state index in [9.17, 15) is 4.79 Å². The Bertz CT molecular complexity index is 807. The summed E-state index contributed by atoms with van der Waals surface area (Å²) in [6.45, 7) is 7.47. The van der Waals surface area contributed by atoms with Gasteiger partial charge in [-0.1, -0.05) is 56.1 Å². The van der Waals surface area contributed by atoms with E-state index in [1.54, 1.807) is 18.2 Å². The molecule has 0 aliphatic rings. The topological polar surface area (TPSA) is 50.4 Å². The number of carbonyl (C=O) groups excluding carboxylic acids is 1. The highest BCUT2D eigenvalue weighted by atomic mass is 79.9. The summed E-state index contributed by atoms with van der Waals surface area (Å²) in [5, 5.41) is 6.15. The zero-order valence-corrected chi connectivity index (χ0v) is 18.6. The molecule has 2 aromatic carbocycles. The lowest BCUT2D eigenvalue weighted by Gasteiger charge is -2.20. The van der Waals surface area contributed by atoms with E-state index < -0.39 is 0 Å². The molecule has 0 aromatic heterocycles. The molecule has 0 aliphatic carbocycles. The number of rotatable bonds is 6. The van der Waals surface area contributed by atoms with Gasteiger partial charge >= 0.3 is 6.03 Å². The van der Waals surface area contributed by atoms with Crippen molar-refractivity contribution in [3.8, 4) is 5.75 Å². The molecule has 2 amide bonds. The Balaban J connectivity index is 1.74. The number of hydrogen-bond donors (Lipinski definition) is 2. The molecule has 0 saturated heterocycles. The van der Waals surface area contributed by atoms with Crippen molar-refractivity contribution < 1.29 is 9.53 Å². The van der Waals surface area contributed by atoms with Crippen molar-refractivity contribution in [3.05, 3.63) is 56.5 Å². The van der Waals surface area contributed by atoms with Crippen LogP contribution in [0.1, 0.15) is 32.8 Å². The third-order valence-corrected chi connectivity index (χ3v) is 5.30. The van der Waals surface area contributed by atoms with Gasteiger partial charge in [0, 0.05) is 6.54 Å². The van der Waals surface area contributed by atoms with Crippen molar-refractivity contribution in [1.82, 2.24) is 5.32 Å². The normalized spacial score (nSPS) is 11.2. The van der Waals surface area contributed by atoms with Gasteiger partial charge in [0.2, 0.25) is 0 Å². The maximum Gasteiger partial charge on any atom is 0.319 e. The SMILES string of the molecule is CC(C)(C)c1ccc(OCCCNC(=O)Nc2cccc(Cl)c2Cl)c(Br)c1. The van der Waals surface area contributed by atoms with E-state index in [2.05, 4.69) is 59.5 Å². The van der Waals surface area contributed by atoms with E-state index in [0.29, 0.717) is 35.3 Å². The van der Waals surface area contributed by atoms with E-state index in [-0.39, 0.29) is 11.4 Å². The number of hydrogen-bond acceptors (Lipinski definition) is 2. The minimum Gasteiger partial charge on any atom is -0.492 e. The Morgan fingerprint density at radius 3 is 2.59 bits per heavy atom. The molecule has 0 aliphatic heterocycles. The molecular formula is C20H23BrCl2N2O2. The molecular weight excluding hydrogens is 451 g/mol. The zero-order valence-electron chi connectivity index (χ0n) is 15.5. The van der Waals surface area contributed by atoms with E-state index >= 15 is 0 Å². The van der Waals surface area contributed by atoms with Crippen LogP contribution in [0, 0.1) is 0 Å². The fraction of sp³-hybridized carbons (Fsp3) is 0.350. The van der Waals surface area contributed by atoms with Crippen LogP contribution in [0.5, 0.6) is 5.75 Å². The van der Waals surface area contributed by atoms with Crippen LogP contribution in [0.4, 0.5) is 10.5 Å². The first-order valence-corrected chi connectivity index (χ1v) is 10.1. The molecule has 2 rings (SSSR count). The largest absolute Gasteiger partial charge is 0.492 e. The highest BCUT2D eigenvalue weighted by Gasteiger charge is 2.15. The summed E-state index contributed by atoms with van der Waals surface area (Å²) >= 11 is 15.5. The molecule has 146 valence electrons. The number of amides is 2. The Morgan fingerprint density at radius 2 is 1.93 bits per heavy atom. The minimum atomic E-state index is -0.338. The average molecular weight is 474 g/mol. The number of nitrogens with one attached hydrogen (secondary N) is 2. The van der Waals surface area contributed by atoms with Gasteiger partial charge in [0.15, 0.2) is 0 Å². The fourth-order valence-electron chi connectivity index (χ4n) is 2.31. The summed E-state index contributed by atoms with van der Waals surface area (Å²) in [5.41, 5.74) is 1.80. The molecule has 4 nitrogen and oxygen atoms in total. The lowest BCUT2D eigenvalue weighted by molar-refractivity contribution is 0.250. The van der Waals surface area contributed by atoms with Gasteiger partial charge in [0.05, 0.1) is 26.8 Å². The van der Waals surface area contributed by atoms with Crippen LogP contribution in [0.25, 0.3) is 0 Å². The van der Waals surface area contributed by atoms with E-state index in [0.717, 1.165) is 10.2 Å². The zero-order chi connectivity index (χ0) is 20.0. The standard InChI is InChI=1S/C20H23BrCl2N2O2/c1-20(2,3)13-8-9-17(14(21)12-13)27-11-5-10-24-19(26)25-16-7-4-6-15(22)18(16)23/h4,6-9,12H,5,10-11H2,1-3H3,(H2,24,25,26). The van der Waals surface area contributed by atoms with Crippen molar-refractivity contribution in [2.24, 2.45) is 0 Å². The molecule has 27 heavy (non-hydrogen) atoms. The number of urea groups is 1. The van der Waals surface area contributed by atoms with Gasteiger partial charge in [0.25, 0.3) is 0 Å². The first-order valence-electron chi connectivity index (χ1n) is 8.60. The Morgan fingerprint density at radius 1 is 1.19 bits per heavy atom. The van der Waals surface area contributed by atoms with E-state index in [4.69, 9.17) is 27.9 Å². The van der Waals surface area contributed by atoms with Gasteiger partial charge in [-0.05, 0) is 57.6 Å². The molecule has 0 heterocycles. The Labute approximate surface area is 178 Å². The van der Waals surface area contributed by atoms with Gasteiger partial charge in [-0.15, -0.1) is 0 Å². The van der Waals surface area contributed by atoms with Gasteiger partial charge in [-0.3, -0.25) is 0 Å². The van der Waals surface area contributed by atoms with Crippen LogP contribution in [-0.4, -0.2) is 19.2 Å². The van der Waals surface area contributed by atoms with Crippen LogP contribution >= 0.6 is 39.1 Å². The number of carbonyl (C=O) groups is 1. The average Bonchev–Trinajstić information content (AvgIpc) is 2.59. The summed E-state index contributed by atoms with van der Waals surface area (Å²) in [7, 11) is 0. The number of anilines is 1. The quantitative estimate of drug-likeness (QED) is 0.461. The van der Waals surface area contributed by atoms with Crippen molar-refractivity contribution in [3.63, 3.8) is 0 Å². The van der Waals surface area contributed by atoms with Crippen LogP contribution in [0.2, 0.25) is 10.0 Å². The number of benzene rings is 2. The van der Waals surface area contributed by atoms with Crippen molar-refractivity contribution in [1.29, 1.82) is 0 Å². The lowest BCUT2D eigenvalue weighted by Crippen LogP contribution is -2.30. The smallest absolute Gasteiger partial charge is 0.319 e.